The Balaban J connectivity index is 0.000000245. The number of aromatic nitrogens is 1. The fourth-order valence-electron chi connectivity index (χ4n) is 2.23. The summed E-state index contributed by atoms with van der Waals surface area (Å²) in [5.41, 5.74) is 3.20. The number of aryl methyl sites for hydroxylation is 1. The third-order valence-electron chi connectivity index (χ3n) is 3.33. The molecule has 24 heavy (non-hydrogen) atoms. The summed E-state index contributed by atoms with van der Waals surface area (Å²) in [5.74, 6) is -0.171. The van der Waals surface area contributed by atoms with Gasteiger partial charge in [-0.25, -0.2) is 4.39 Å². The summed E-state index contributed by atoms with van der Waals surface area (Å²) in [7, 11) is 1.00. The first-order valence-electron chi connectivity index (χ1n) is 7.64. The second-order valence-corrected chi connectivity index (χ2v) is 4.99. The zero-order valence-electron chi connectivity index (χ0n) is 14.3. The van der Waals surface area contributed by atoms with Crippen LogP contribution in [-0.2, 0) is 6.73 Å². The lowest BCUT2D eigenvalue weighted by Crippen LogP contribution is -1.97. The van der Waals surface area contributed by atoms with Gasteiger partial charge in [-0.15, -0.1) is 0 Å². The molecule has 3 nitrogen and oxygen atoms in total. The Bertz CT molecular complexity index is 740. The topological polar surface area (TPSA) is 45.4 Å². The Morgan fingerprint density at radius 2 is 1.67 bits per heavy atom. The van der Waals surface area contributed by atoms with Crippen LogP contribution >= 0.6 is 0 Å². The molecule has 0 unspecified atom stereocenters. The van der Waals surface area contributed by atoms with Crippen molar-refractivity contribution in [2.45, 2.75) is 20.6 Å². The molecule has 0 aliphatic heterocycles. The van der Waals surface area contributed by atoms with Gasteiger partial charge >= 0.3 is 0 Å². The molecule has 0 saturated carbocycles. The number of benzene rings is 2. The first-order valence-corrected chi connectivity index (χ1v) is 7.64. The predicted molar refractivity (Wildman–Crippen MR) is 98.1 cm³/mol. The van der Waals surface area contributed by atoms with Gasteiger partial charge in [-0.3, -0.25) is 0 Å². The highest BCUT2D eigenvalue weighted by atomic mass is 19.1. The minimum atomic E-state index is -0.171. The molecule has 0 spiro atoms. The van der Waals surface area contributed by atoms with E-state index in [2.05, 4.69) is 12.1 Å². The number of allylic oxidation sites excluding steroid dienone is 1. The van der Waals surface area contributed by atoms with Crippen LogP contribution in [0.2, 0.25) is 0 Å². The number of hydrogen-bond acceptors (Lipinski definition) is 2. The SMILES string of the molecule is C/C=C/c1cc2ccccc2n1CO.CO.Cc1ccc(F)cc1. The fourth-order valence-corrected chi connectivity index (χ4v) is 2.23. The van der Waals surface area contributed by atoms with E-state index in [0.29, 0.717) is 0 Å². The zero-order valence-corrected chi connectivity index (χ0v) is 14.3. The van der Waals surface area contributed by atoms with Gasteiger partial charge in [0.05, 0.1) is 5.52 Å². The van der Waals surface area contributed by atoms with E-state index >= 15 is 0 Å². The van der Waals surface area contributed by atoms with Gasteiger partial charge < -0.3 is 14.8 Å². The van der Waals surface area contributed by atoms with Gasteiger partial charge in [-0.05, 0) is 44.2 Å². The van der Waals surface area contributed by atoms with Crippen molar-refractivity contribution in [3.63, 3.8) is 0 Å². The molecule has 0 radical (unpaired) electrons. The highest BCUT2D eigenvalue weighted by Crippen LogP contribution is 2.20. The summed E-state index contributed by atoms with van der Waals surface area (Å²) in [6.07, 6.45) is 3.97. The third kappa shape index (κ3) is 5.33. The van der Waals surface area contributed by atoms with Crippen LogP contribution < -0.4 is 0 Å². The monoisotopic (exact) mass is 329 g/mol. The van der Waals surface area contributed by atoms with Crippen LogP contribution in [0.3, 0.4) is 0 Å². The van der Waals surface area contributed by atoms with E-state index in [-0.39, 0.29) is 12.5 Å². The van der Waals surface area contributed by atoms with Crippen LogP contribution in [-0.4, -0.2) is 21.9 Å². The lowest BCUT2D eigenvalue weighted by Gasteiger charge is -2.02. The summed E-state index contributed by atoms with van der Waals surface area (Å²) in [5, 5.41) is 17.4. The predicted octanol–water partition coefficient (Wildman–Crippen LogP) is 4.37. The molecule has 1 aromatic heterocycles. The van der Waals surface area contributed by atoms with Crippen molar-refractivity contribution in [3.05, 3.63) is 77.7 Å². The molecule has 128 valence electrons. The van der Waals surface area contributed by atoms with Crippen LogP contribution in [0.15, 0.2) is 60.7 Å². The second-order valence-electron chi connectivity index (χ2n) is 4.99. The minimum absolute atomic E-state index is 0.0210. The summed E-state index contributed by atoms with van der Waals surface area (Å²) in [6, 6.07) is 16.5. The number of halogens is 1. The molecule has 4 heteroatoms. The molecule has 2 aromatic carbocycles. The lowest BCUT2D eigenvalue weighted by molar-refractivity contribution is 0.215. The van der Waals surface area contributed by atoms with Gasteiger partial charge in [-0.2, -0.15) is 0 Å². The van der Waals surface area contributed by atoms with E-state index in [4.69, 9.17) is 5.11 Å². The summed E-state index contributed by atoms with van der Waals surface area (Å²) in [4.78, 5) is 0. The maximum atomic E-state index is 12.1. The maximum Gasteiger partial charge on any atom is 0.123 e. The quantitative estimate of drug-likeness (QED) is 0.733. The van der Waals surface area contributed by atoms with Crippen LogP contribution in [0.4, 0.5) is 4.39 Å². The molecule has 0 amide bonds. The molecule has 0 aliphatic carbocycles. The third-order valence-corrected chi connectivity index (χ3v) is 3.33. The zero-order chi connectivity index (χ0) is 17.9. The summed E-state index contributed by atoms with van der Waals surface area (Å²) in [6.45, 7) is 3.92. The van der Waals surface area contributed by atoms with Gasteiger partial charge in [-0.1, -0.05) is 42.0 Å². The number of rotatable bonds is 2. The van der Waals surface area contributed by atoms with Crippen molar-refractivity contribution in [1.29, 1.82) is 0 Å². The van der Waals surface area contributed by atoms with Gasteiger partial charge in [0.25, 0.3) is 0 Å². The van der Waals surface area contributed by atoms with E-state index in [9.17, 15) is 9.50 Å². The van der Waals surface area contributed by atoms with Crippen LogP contribution in [0, 0.1) is 12.7 Å². The van der Waals surface area contributed by atoms with Crippen LogP contribution in [0.1, 0.15) is 18.2 Å². The van der Waals surface area contributed by atoms with Crippen molar-refractivity contribution in [1.82, 2.24) is 4.57 Å². The molecule has 2 N–H and O–H groups in total. The number of hydrogen-bond donors (Lipinski definition) is 2. The number of nitrogens with zero attached hydrogens (tertiary/aromatic N) is 1. The Hall–Kier alpha value is -2.43. The van der Waals surface area contributed by atoms with Gasteiger partial charge in [0.2, 0.25) is 0 Å². The molecule has 0 bridgehead atoms. The molecule has 1 heterocycles. The molecular formula is C20H24FNO2. The Kier molecular flexibility index (Phi) is 8.47. The van der Waals surface area contributed by atoms with E-state index in [0.717, 1.165) is 29.3 Å². The van der Waals surface area contributed by atoms with E-state index < -0.39 is 0 Å². The number of aliphatic hydroxyl groups is 2. The molecule has 3 aromatic rings. The Morgan fingerprint density at radius 1 is 1.04 bits per heavy atom. The fraction of sp³-hybridized carbons (Fsp3) is 0.200. The average molecular weight is 329 g/mol. The van der Waals surface area contributed by atoms with E-state index in [1.165, 1.54) is 12.1 Å². The van der Waals surface area contributed by atoms with Crippen molar-refractivity contribution >= 4 is 17.0 Å². The number of aliphatic hydroxyl groups excluding tert-OH is 2. The van der Waals surface area contributed by atoms with Gasteiger partial charge in [0, 0.05) is 18.2 Å². The largest absolute Gasteiger partial charge is 0.400 e. The Labute approximate surface area is 142 Å². The number of para-hydroxylation sites is 1. The number of fused-ring (bicyclic) bond motifs is 1. The van der Waals surface area contributed by atoms with Gasteiger partial charge in [0.15, 0.2) is 0 Å². The first kappa shape index (κ1) is 19.6. The molecule has 0 saturated heterocycles. The van der Waals surface area contributed by atoms with Crippen LogP contribution in [0.25, 0.3) is 17.0 Å². The lowest BCUT2D eigenvalue weighted by atomic mass is 10.2. The maximum absolute atomic E-state index is 12.1. The smallest absolute Gasteiger partial charge is 0.123 e. The highest BCUT2D eigenvalue weighted by Gasteiger charge is 2.03. The van der Waals surface area contributed by atoms with Crippen molar-refractivity contribution in [2.24, 2.45) is 0 Å². The molecule has 0 fully saturated rings. The minimum Gasteiger partial charge on any atom is -0.400 e. The highest BCUT2D eigenvalue weighted by molar-refractivity contribution is 5.83. The second kappa shape index (κ2) is 10.4. The molecule has 0 atom stereocenters. The Morgan fingerprint density at radius 3 is 2.21 bits per heavy atom. The molecule has 3 rings (SSSR count). The van der Waals surface area contributed by atoms with Crippen molar-refractivity contribution in [3.8, 4) is 0 Å². The average Bonchev–Trinajstić information content (AvgIpc) is 2.97. The normalized spacial score (nSPS) is 10.1. The van der Waals surface area contributed by atoms with Gasteiger partial charge in [0.1, 0.15) is 12.5 Å². The van der Waals surface area contributed by atoms with Crippen molar-refractivity contribution < 1.29 is 14.6 Å². The first-order chi connectivity index (χ1) is 11.7. The summed E-state index contributed by atoms with van der Waals surface area (Å²) < 4.78 is 14.0. The van der Waals surface area contributed by atoms with E-state index in [1.54, 1.807) is 12.1 Å². The van der Waals surface area contributed by atoms with Crippen molar-refractivity contribution in [2.75, 3.05) is 7.11 Å². The molecular weight excluding hydrogens is 305 g/mol. The molecule has 0 aliphatic rings. The summed E-state index contributed by atoms with van der Waals surface area (Å²) >= 11 is 0. The standard InChI is InChI=1S/C12H13NO.C7H7F.CH4O/c1-2-5-11-8-10-6-3-4-7-12(10)13(11)9-14;1-6-2-4-7(8)5-3-6;1-2/h2-8,14H,9H2,1H3;2-5H,1H3;2H,1H3/b5-2+;;. The van der Waals surface area contributed by atoms with Crippen LogP contribution in [0.5, 0.6) is 0 Å². The van der Waals surface area contributed by atoms with E-state index in [1.807, 2.05) is 48.8 Å².